The molecule has 0 radical (unpaired) electrons. The van der Waals surface area contributed by atoms with Crippen LogP contribution in [0.3, 0.4) is 0 Å². The number of carbonyl (C=O) groups is 1. The molecule has 7 nitrogen and oxygen atoms in total. The van der Waals surface area contributed by atoms with Gasteiger partial charge in [-0.05, 0) is 53.6 Å². The number of esters is 1. The molecule has 3 aromatic carbocycles. The van der Waals surface area contributed by atoms with Gasteiger partial charge >= 0.3 is 5.97 Å². The summed E-state index contributed by atoms with van der Waals surface area (Å²) < 4.78 is 50.0. The SMILES string of the molecule is O=C(OC1CCOC1)c1ccc(CS(=O)(=O)c2cccc(-c3cc(F)ccc3O)c2)cc1O. The van der Waals surface area contributed by atoms with Crippen molar-refractivity contribution in [1.29, 1.82) is 0 Å². The zero-order valence-corrected chi connectivity index (χ0v) is 18.2. The molecule has 3 aromatic rings. The number of rotatable bonds is 6. The fraction of sp³-hybridized carbons (Fsp3) is 0.208. The second-order valence-corrected chi connectivity index (χ2v) is 9.68. The van der Waals surface area contributed by atoms with E-state index in [-0.39, 0.29) is 39.2 Å². The Balaban J connectivity index is 1.55. The van der Waals surface area contributed by atoms with E-state index in [9.17, 15) is 27.8 Å². The van der Waals surface area contributed by atoms with Gasteiger partial charge in [-0.25, -0.2) is 17.6 Å². The summed E-state index contributed by atoms with van der Waals surface area (Å²) in [6, 6.07) is 13.2. The van der Waals surface area contributed by atoms with Gasteiger partial charge in [0, 0.05) is 12.0 Å². The quantitative estimate of drug-likeness (QED) is 0.525. The molecule has 0 aromatic heterocycles. The maximum absolute atomic E-state index is 13.6. The van der Waals surface area contributed by atoms with E-state index >= 15 is 0 Å². The van der Waals surface area contributed by atoms with Crippen molar-refractivity contribution >= 4 is 15.8 Å². The Morgan fingerprint density at radius 2 is 1.88 bits per heavy atom. The van der Waals surface area contributed by atoms with Crippen LogP contribution >= 0.6 is 0 Å². The van der Waals surface area contributed by atoms with E-state index in [4.69, 9.17) is 9.47 Å². The van der Waals surface area contributed by atoms with Gasteiger partial charge in [-0.2, -0.15) is 0 Å². The predicted molar refractivity (Wildman–Crippen MR) is 117 cm³/mol. The van der Waals surface area contributed by atoms with Crippen LogP contribution < -0.4 is 0 Å². The molecule has 1 atom stereocenters. The van der Waals surface area contributed by atoms with Crippen molar-refractivity contribution in [3.05, 3.63) is 77.6 Å². The third-order valence-corrected chi connectivity index (χ3v) is 6.95. The van der Waals surface area contributed by atoms with Crippen LogP contribution in [-0.4, -0.2) is 43.9 Å². The van der Waals surface area contributed by atoms with E-state index in [0.717, 1.165) is 12.1 Å². The molecule has 0 bridgehead atoms. The highest BCUT2D eigenvalue weighted by Crippen LogP contribution is 2.32. The molecule has 0 amide bonds. The maximum atomic E-state index is 13.6. The fourth-order valence-electron chi connectivity index (χ4n) is 3.56. The van der Waals surface area contributed by atoms with E-state index in [1.54, 1.807) is 6.07 Å². The lowest BCUT2D eigenvalue weighted by atomic mass is 10.0. The first-order chi connectivity index (χ1) is 15.7. The molecular weight excluding hydrogens is 451 g/mol. The van der Waals surface area contributed by atoms with Crippen molar-refractivity contribution in [3.8, 4) is 22.6 Å². The summed E-state index contributed by atoms with van der Waals surface area (Å²) in [5.74, 6) is -2.27. The molecule has 1 saturated heterocycles. The van der Waals surface area contributed by atoms with Crippen molar-refractivity contribution in [2.24, 2.45) is 0 Å². The van der Waals surface area contributed by atoms with E-state index < -0.39 is 27.4 Å². The van der Waals surface area contributed by atoms with E-state index in [1.165, 1.54) is 42.5 Å². The predicted octanol–water partition coefficient (Wildman–Crippen LogP) is 3.82. The summed E-state index contributed by atoms with van der Waals surface area (Å²) in [6.07, 6.45) is 0.205. The normalized spacial score (nSPS) is 16.0. The smallest absolute Gasteiger partial charge is 0.342 e. The number of phenols is 2. The molecule has 2 N–H and O–H groups in total. The lowest BCUT2D eigenvalue weighted by Crippen LogP contribution is -2.18. The Bertz CT molecular complexity index is 1300. The Labute approximate surface area is 189 Å². The standard InChI is InChI=1S/C24H21FO7S/c25-17-5-7-22(26)21(12-17)16-2-1-3-19(11-16)33(29,30)14-15-4-6-20(23(27)10-15)24(28)32-18-8-9-31-13-18/h1-7,10-12,18,26-27H,8-9,13-14H2. The van der Waals surface area contributed by atoms with Gasteiger partial charge in [0.2, 0.25) is 0 Å². The highest BCUT2D eigenvalue weighted by Gasteiger charge is 2.23. The lowest BCUT2D eigenvalue weighted by molar-refractivity contribution is 0.0267. The first-order valence-corrected chi connectivity index (χ1v) is 11.8. The largest absolute Gasteiger partial charge is 0.507 e. The zero-order chi connectivity index (χ0) is 23.6. The summed E-state index contributed by atoms with van der Waals surface area (Å²) in [5, 5.41) is 20.3. The number of phenolic OH excluding ortho intramolecular Hbond substituents is 2. The minimum absolute atomic E-state index is 0.0344. The number of sulfone groups is 1. The summed E-state index contributed by atoms with van der Waals surface area (Å²) in [6.45, 7) is 0.802. The van der Waals surface area contributed by atoms with Crippen molar-refractivity contribution in [2.45, 2.75) is 23.2 Å². The molecule has 9 heteroatoms. The van der Waals surface area contributed by atoms with E-state index in [0.29, 0.717) is 25.2 Å². The van der Waals surface area contributed by atoms with Crippen molar-refractivity contribution < 1.29 is 37.3 Å². The van der Waals surface area contributed by atoms with E-state index in [2.05, 4.69) is 0 Å². The van der Waals surface area contributed by atoms with Crippen LogP contribution in [0, 0.1) is 5.82 Å². The van der Waals surface area contributed by atoms with Crippen LogP contribution in [0.2, 0.25) is 0 Å². The number of aromatic hydroxyl groups is 2. The lowest BCUT2D eigenvalue weighted by Gasteiger charge is -2.12. The minimum Gasteiger partial charge on any atom is -0.507 e. The molecule has 1 aliphatic heterocycles. The van der Waals surface area contributed by atoms with Gasteiger partial charge in [-0.3, -0.25) is 0 Å². The Hall–Kier alpha value is -3.43. The first kappa shape index (κ1) is 22.8. The third-order valence-electron chi connectivity index (χ3n) is 5.26. The molecular formula is C24H21FO7S. The second kappa shape index (κ2) is 9.21. The molecule has 4 rings (SSSR count). The third kappa shape index (κ3) is 5.15. The van der Waals surface area contributed by atoms with Crippen LogP contribution in [0.1, 0.15) is 22.3 Å². The van der Waals surface area contributed by atoms with Crippen LogP contribution in [-0.2, 0) is 25.1 Å². The van der Waals surface area contributed by atoms with Gasteiger partial charge in [0.25, 0.3) is 0 Å². The molecule has 172 valence electrons. The van der Waals surface area contributed by atoms with Gasteiger partial charge in [0.1, 0.15) is 29.0 Å². The molecule has 0 aliphatic carbocycles. The summed E-state index contributed by atoms with van der Waals surface area (Å²) in [7, 11) is -3.85. The van der Waals surface area contributed by atoms with Crippen LogP contribution in [0.25, 0.3) is 11.1 Å². The minimum atomic E-state index is -3.85. The van der Waals surface area contributed by atoms with Gasteiger partial charge in [0.05, 0.1) is 23.9 Å². The highest BCUT2D eigenvalue weighted by molar-refractivity contribution is 7.90. The van der Waals surface area contributed by atoms with E-state index in [1.807, 2.05) is 0 Å². The Morgan fingerprint density at radius 3 is 2.61 bits per heavy atom. The Kier molecular flexibility index (Phi) is 6.35. The number of carbonyl (C=O) groups excluding carboxylic acids is 1. The van der Waals surface area contributed by atoms with Crippen LogP contribution in [0.5, 0.6) is 11.5 Å². The molecule has 1 heterocycles. The molecule has 1 fully saturated rings. The van der Waals surface area contributed by atoms with Crippen molar-refractivity contribution in [2.75, 3.05) is 13.2 Å². The van der Waals surface area contributed by atoms with Gasteiger partial charge in [0.15, 0.2) is 9.84 Å². The second-order valence-electron chi connectivity index (χ2n) is 7.69. The molecule has 0 spiro atoms. The Morgan fingerprint density at radius 1 is 1.06 bits per heavy atom. The maximum Gasteiger partial charge on any atom is 0.342 e. The molecule has 1 aliphatic rings. The van der Waals surface area contributed by atoms with Crippen molar-refractivity contribution in [3.63, 3.8) is 0 Å². The average Bonchev–Trinajstić information content (AvgIpc) is 3.28. The first-order valence-electron chi connectivity index (χ1n) is 10.2. The van der Waals surface area contributed by atoms with Gasteiger partial charge < -0.3 is 19.7 Å². The summed E-state index contributed by atoms with van der Waals surface area (Å²) in [5.41, 5.74) is 0.712. The molecule has 0 saturated carbocycles. The highest BCUT2D eigenvalue weighted by atomic mass is 32.2. The number of hydrogen-bond acceptors (Lipinski definition) is 7. The number of hydrogen-bond donors (Lipinski definition) is 2. The summed E-state index contributed by atoms with van der Waals surface area (Å²) >= 11 is 0. The monoisotopic (exact) mass is 472 g/mol. The number of benzene rings is 3. The van der Waals surface area contributed by atoms with Crippen molar-refractivity contribution in [1.82, 2.24) is 0 Å². The molecule has 33 heavy (non-hydrogen) atoms. The van der Waals surface area contributed by atoms with Gasteiger partial charge in [-0.1, -0.05) is 18.2 Å². The van der Waals surface area contributed by atoms with Gasteiger partial charge in [-0.15, -0.1) is 0 Å². The zero-order valence-electron chi connectivity index (χ0n) is 17.4. The number of ether oxygens (including phenoxy) is 2. The fourth-order valence-corrected chi connectivity index (χ4v) is 4.94. The summed E-state index contributed by atoms with van der Waals surface area (Å²) in [4.78, 5) is 12.2. The van der Waals surface area contributed by atoms with Crippen LogP contribution in [0.15, 0.2) is 65.6 Å². The van der Waals surface area contributed by atoms with Crippen LogP contribution in [0.4, 0.5) is 4.39 Å². The number of halogens is 1. The topological polar surface area (TPSA) is 110 Å². The molecule has 1 unspecified atom stereocenters. The average molecular weight is 472 g/mol.